The van der Waals surface area contributed by atoms with Crippen LogP contribution in [-0.2, 0) is 4.74 Å². The number of nitrogens with zero attached hydrogens (tertiary/aromatic N) is 1. The molecule has 1 heterocycles. The van der Waals surface area contributed by atoms with E-state index >= 15 is 0 Å². The van der Waals surface area contributed by atoms with E-state index in [2.05, 4.69) is 0 Å². The molecule has 1 unspecified atom stereocenters. The van der Waals surface area contributed by atoms with Crippen LogP contribution in [0.4, 0.5) is 8.78 Å². The van der Waals surface area contributed by atoms with Crippen LogP contribution in [0.25, 0.3) is 0 Å². The molecule has 0 aromatic heterocycles. The molecule has 1 aliphatic heterocycles. The maximum Gasteiger partial charge on any atom is 0.251 e. The highest BCUT2D eigenvalue weighted by Gasteiger charge is 2.21. The van der Waals surface area contributed by atoms with Gasteiger partial charge in [-0.1, -0.05) is 0 Å². The van der Waals surface area contributed by atoms with Crippen LogP contribution in [0.15, 0.2) is 0 Å². The Labute approximate surface area is 94.8 Å². The number of nitrogens with two attached hydrogens (primary N) is 1. The van der Waals surface area contributed by atoms with Crippen molar-refractivity contribution in [2.24, 2.45) is 5.73 Å². The molecule has 1 rings (SSSR count). The average Bonchev–Trinajstić information content (AvgIpc) is 2.03. The largest absolute Gasteiger partial charge is 0.374 e. The van der Waals surface area contributed by atoms with E-state index in [-0.39, 0.29) is 37.5 Å². The summed E-state index contributed by atoms with van der Waals surface area (Å²) in [4.78, 5) is 1.69. The Morgan fingerprint density at radius 3 is 2.57 bits per heavy atom. The molecule has 0 bridgehead atoms. The van der Waals surface area contributed by atoms with Crippen molar-refractivity contribution in [2.75, 3.05) is 32.8 Å². The van der Waals surface area contributed by atoms with Gasteiger partial charge in [0.15, 0.2) is 0 Å². The van der Waals surface area contributed by atoms with Gasteiger partial charge < -0.3 is 10.5 Å². The van der Waals surface area contributed by atoms with Gasteiger partial charge >= 0.3 is 0 Å². The number of alkyl halides is 2. The molecule has 1 saturated heterocycles. The summed E-state index contributed by atoms with van der Waals surface area (Å²) >= 11 is 0. The summed E-state index contributed by atoms with van der Waals surface area (Å²) in [5.74, 6) is 0. The Bertz CT molecular complexity index is 143. The predicted octanol–water partition coefficient (Wildman–Crippen LogP) is 0.755. The zero-order valence-corrected chi connectivity index (χ0v) is 9.33. The molecule has 1 fully saturated rings. The van der Waals surface area contributed by atoms with Gasteiger partial charge in [-0.2, -0.15) is 0 Å². The van der Waals surface area contributed by atoms with Crippen LogP contribution in [-0.4, -0.2) is 50.2 Å². The Morgan fingerprint density at radius 2 is 2.07 bits per heavy atom. The second kappa shape index (κ2) is 8.61. The molecule has 1 aliphatic rings. The topological polar surface area (TPSA) is 38.5 Å². The van der Waals surface area contributed by atoms with E-state index in [4.69, 9.17) is 10.5 Å². The Morgan fingerprint density at radius 1 is 1.43 bits per heavy atom. The lowest BCUT2D eigenvalue weighted by Crippen LogP contribution is -2.47. The standard InChI is InChI=1S/C7H14F2N2O.2ClH/c8-7(9)5-11-1-2-12-6(3-10)4-11;;/h6-7H,1-5,10H2;2*1H. The average molecular weight is 253 g/mol. The van der Waals surface area contributed by atoms with E-state index in [9.17, 15) is 8.78 Å². The molecule has 2 N–H and O–H groups in total. The number of halogens is 4. The summed E-state index contributed by atoms with van der Waals surface area (Å²) in [6, 6.07) is 0. The fourth-order valence-electron chi connectivity index (χ4n) is 1.28. The first-order chi connectivity index (χ1) is 5.72. The number of rotatable bonds is 3. The summed E-state index contributed by atoms with van der Waals surface area (Å²) in [6.45, 7) is 1.86. The molecular weight excluding hydrogens is 237 g/mol. The smallest absolute Gasteiger partial charge is 0.251 e. The number of morpholine rings is 1. The van der Waals surface area contributed by atoms with E-state index in [1.807, 2.05) is 0 Å². The fraction of sp³-hybridized carbons (Fsp3) is 1.00. The molecule has 0 amide bonds. The van der Waals surface area contributed by atoms with Crippen molar-refractivity contribution in [1.29, 1.82) is 0 Å². The molecule has 0 spiro atoms. The lowest BCUT2D eigenvalue weighted by molar-refractivity contribution is -0.0400. The quantitative estimate of drug-likeness (QED) is 0.806. The third kappa shape index (κ3) is 5.93. The first-order valence-electron chi connectivity index (χ1n) is 4.04. The first-order valence-corrected chi connectivity index (χ1v) is 4.04. The van der Waals surface area contributed by atoms with Gasteiger partial charge in [0.05, 0.1) is 19.3 Å². The highest BCUT2D eigenvalue weighted by atomic mass is 35.5. The predicted molar refractivity (Wildman–Crippen MR) is 55.7 cm³/mol. The van der Waals surface area contributed by atoms with Gasteiger partial charge in [-0.3, -0.25) is 4.90 Å². The molecule has 14 heavy (non-hydrogen) atoms. The molecule has 0 aromatic carbocycles. The molecule has 7 heteroatoms. The van der Waals surface area contributed by atoms with Gasteiger partial charge in [-0.05, 0) is 0 Å². The third-order valence-corrected chi connectivity index (χ3v) is 1.88. The summed E-state index contributed by atoms with van der Waals surface area (Å²) in [5, 5.41) is 0. The van der Waals surface area contributed by atoms with Gasteiger partial charge in [0.1, 0.15) is 0 Å². The molecule has 0 saturated carbocycles. The van der Waals surface area contributed by atoms with Crippen molar-refractivity contribution in [1.82, 2.24) is 4.90 Å². The zero-order valence-electron chi connectivity index (χ0n) is 7.70. The number of hydrogen-bond acceptors (Lipinski definition) is 3. The minimum atomic E-state index is -2.26. The van der Waals surface area contributed by atoms with E-state index in [0.717, 1.165) is 0 Å². The molecule has 0 aromatic rings. The van der Waals surface area contributed by atoms with Crippen molar-refractivity contribution in [3.63, 3.8) is 0 Å². The van der Waals surface area contributed by atoms with Crippen molar-refractivity contribution in [2.45, 2.75) is 12.5 Å². The normalized spacial score (nSPS) is 22.7. The van der Waals surface area contributed by atoms with Crippen LogP contribution >= 0.6 is 24.8 Å². The van der Waals surface area contributed by atoms with Gasteiger partial charge in [0.2, 0.25) is 0 Å². The highest BCUT2D eigenvalue weighted by molar-refractivity contribution is 5.85. The van der Waals surface area contributed by atoms with E-state index < -0.39 is 6.43 Å². The molecule has 1 atom stereocenters. The Kier molecular flexibility index (Phi) is 10.3. The van der Waals surface area contributed by atoms with Crippen molar-refractivity contribution < 1.29 is 13.5 Å². The van der Waals surface area contributed by atoms with Gasteiger partial charge in [0.25, 0.3) is 6.43 Å². The lowest BCUT2D eigenvalue weighted by Gasteiger charge is -2.31. The maximum atomic E-state index is 11.9. The van der Waals surface area contributed by atoms with Crippen molar-refractivity contribution in [3.8, 4) is 0 Å². The third-order valence-electron chi connectivity index (χ3n) is 1.88. The van der Waals surface area contributed by atoms with E-state index in [0.29, 0.717) is 26.2 Å². The highest BCUT2D eigenvalue weighted by Crippen LogP contribution is 2.06. The second-order valence-corrected chi connectivity index (χ2v) is 2.88. The van der Waals surface area contributed by atoms with Crippen LogP contribution in [0, 0.1) is 0 Å². The minimum absolute atomic E-state index is 0. The Balaban J connectivity index is 0. The Hall–Kier alpha value is 0.320. The SMILES string of the molecule is Cl.Cl.NCC1CN(CC(F)F)CCO1. The molecule has 0 aliphatic carbocycles. The van der Waals surface area contributed by atoms with Crippen LogP contribution in [0.3, 0.4) is 0 Å². The van der Waals surface area contributed by atoms with E-state index in [1.54, 1.807) is 4.90 Å². The van der Waals surface area contributed by atoms with E-state index in [1.165, 1.54) is 0 Å². The number of hydrogen-bond donors (Lipinski definition) is 1. The van der Waals surface area contributed by atoms with Gasteiger partial charge in [0, 0.05) is 19.6 Å². The maximum absolute atomic E-state index is 11.9. The monoisotopic (exact) mass is 252 g/mol. The fourth-order valence-corrected chi connectivity index (χ4v) is 1.28. The molecule has 3 nitrogen and oxygen atoms in total. The second-order valence-electron chi connectivity index (χ2n) is 2.88. The minimum Gasteiger partial charge on any atom is -0.374 e. The van der Waals surface area contributed by atoms with Crippen LogP contribution < -0.4 is 5.73 Å². The van der Waals surface area contributed by atoms with Gasteiger partial charge in [-0.15, -0.1) is 24.8 Å². The van der Waals surface area contributed by atoms with Crippen LogP contribution in [0.1, 0.15) is 0 Å². The van der Waals surface area contributed by atoms with Crippen molar-refractivity contribution >= 4 is 24.8 Å². The lowest BCUT2D eigenvalue weighted by atomic mass is 10.3. The number of ether oxygens (including phenoxy) is 1. The van der Waals surface area contributed by atoms with Gasteiger partial charge in [-0.25, -0.2) is 8.78 Å². The first kappa shape index (κ1) is 16.7. The molecular formula is C7H16Cl2F2N2O. The zero-order chi connectivity index (χ0) is 8.97. The summed E-state index contributed by atoms with van der Waals surface area (Å²) in [7, 11) is 0. The van der Waals surface area contributed by atoms with Crippen LogP contribution in [0.5, 0.6) is 0 Å². The summed E-state index contributed by atoms with van der Waals surface area (Å²) in [6.07, 6.45) is -2.33. The van der Waals surface area contributed by atoms with Crippen molar-refractivity contribution in [3.05, 3.63) is 0 Å². The molecule has 0 radical (unpaired) electrons. The molecule has 88 valence electrons. The van der Waals surface area contributed by atoms with Crippen LogP contribution in [0.2, 0.25) is 0 Å². The summed E-state index contributed by atoms with van der Waals surface area (Å²) < 4.78 is 29.1. The summed E-state index contributed by atoms with van der Waals surface area (Å²) in [5.41, 5.74) is 5.36.